The molecule has 0 bridgehead atoms. The van der Waals surface area contributed by atoms with Crippen molar-refractivity contribution in [1.82, 2.24) is 9.97 Å². The summed E-state index contributed by atoms with van der Waals surface area (Å²) in [5, 5.41) is 4.36. The zero-order chi connectivity index (χ0) is 20.3. The predicted octanol–water partition coefficient (Wildman–Crippen LogP) is 5.80. The molecule has 2 aromatic rings. The number of hydrogen-bond donors (Lipinski definition) is 0. The Morgan fingerprint density at radius 1 is 0.897 bits per heavy atom. The van der Waals surface area contributed by atoms with Gasteiger partial charge >= 0.3 is 0 Å². The number of anilines is 2. The van der Waals surface area contributed by atoms with Crippen LogP contribution in [0.15, 0.2) is 17.8 Å². The second-order valence-electron chi connectivity index (χ2n) is 7.06. The van der Waals surface area contributed by atoms with Crippen molar-refractivity contribution in [3.05, 3.63) is 27.6 Å². The van der Waals surface area contributed by atoms with E-state index in [-0.39, 0.29) is 0 Å². The van der Waals surface area contributed by atoms with Crippen molar-refractivity contribution >= 4 is 57.1 Å². The first kappa shape index (κ1) is 22.3. The van der Waals surface area contributed by atoms with Crippen LogP contribution in [0.4, 0.5) is 10.3 Å². The molecule has 8 heteroatoms. The minimum Gasteiger partial charge on any atom is -0.348 e. The Morgan fingerprint density at radius 3 is 1.90 bits per heavy atom. The van der Waals surface area contributed by atoms with Crippen LogP contribution in [0.25, 0.3) is 6.08 Å². The van der Waals surface area contributed by atoms with Gasteiger partial charge < -0.3 is 9.80 Å². The van der Waals surface area contributed by atoms with Gasteiger partial charge in [0.15, 0.2) is 16.5 Å². The maximum atomic E-state index is 10.5. The zero-order valence-electron chi connectivity index (χ0n) is 17.1. The Labute approximate surface area is 186 Å². The van der Waals surface area contributed by atoms with Crippen LogP contribution >= 0.6 is 34.4 Å². The second-order valence-corrected chi connectivity index (χ2v) is 10.3. The summed E-state index contributed by atoms with van der Waals surface area (Å²) in [6, 6.07) is 0. The lowest BCUT2D eigenvalue weighted by atomic mass is 10.1. The van der Waals surface area contributed by atoms with E-state index in [1.54, 1.807) is 17.5 Å². The normalized spacial score (nSPS) is 17.3. The molecule has 2 saturated heterocycles. The maximum Gasteiger partial charge on any atom is 0.185 e. The Morgan fingerprint density at radius 2 is 1.41 bits per heavy atom. The van der Waals surface area contributed by atoms with Crippen LogP contribution in [0, 0.1) is 0 Å². The first-order valence-corrected chi connectivity index (χ1v) is 13.1. The molecule has 4 rings (SSSR count). The van der Waals surface area contributed by atoms with Crippen LogP contribution in [-0.2, 0) is 0 Å². The summed E-state index contributed by atoms with van der Waals surface area (Å²) in [6.45, 7) is 6.71. The summed E-state index contributed by atoms with van der Waals surface area (Å²) >= 11 is 5.12. The van der Waals surface area contributed by atoms with Crippen LogP contribution in [0.5, 0.6) is 0 Å². The summed E-state index contributed by atoms with van der Waals surface area (Å²) in [5.74, 6) is 1.13. The molecule has 0 atom stereocenters. The molecule has 0 unspecified atom stereocenters. The number of aromatic nitrogens is 2. The van der Waals surface area contributed by atoms with Crippen LogP contribution in [0.3, 0.4) is 0 Å². The van der Waals surface area contributed by atoms with Crippen LogP contribution in [0.2, 0.25) is 0 Å². The third-order valence-electron chi connectivity index (χ3n) is 4.89. The Bertz CT molecular complexity index is 762. The number of thioether (sulfide) groups is 1. The second kappa shape index (κ2) is 12.3. The molecule has 158 valence electrons. The average Bonchev–Trinajstić information content (AvgIpc) is 3.46. The Kier molecular flexibility index (Phi) is 9.50. The molecular weight excluding hydrogens is 420 g/mol. The predicted molar refractivity (Wildman–Crippen MR) is 129 cm³/mol. The monoisotopic (exact) mass is 450 g/mol. The molecule has 0 radical (unpaired) electrons. The van der Waals surface area contributed by atoms with Crippen molar-refractivity contribution in [1.29, 1.82) is 0 Å². The molecule has 0 aromatic carbocycles. The molecule has 5 nitrogen and oxygen atoms in total. The third-order valence-corrected chi connectivity index (χ3v) is 7.56. The number of rotatable bonds is 6. The lowest BCUT2D eigenvalue weighted by Gasteiger charge is -2.25. The van der Waals surface area contributed by atoms with Crippen molar-refractivity contribution in [2.75, 3.05) is 41.7 Å². The first-order chi connectivity index (χ1) is 14.3. The number of aldehydes is 1. The first-order valence-electron chi connectivity index (χ1n) is 10.4. The van der Waals surface area contributed by atoms with E-state index in [0.717, 1.165) is 35.1 Å². The number of nitrogens with zero attached hydrogens (tertiary/aromatic N) is 4. The summed E-state index contributed by atoms with van der Waals surface area (Å²) in [6.07, 6.45) is 14.5. The molecule has 29 heavy (non-hydrogen) atoms. The van der Waals surface area contributed by atoms with Crippen molar-refractivity contribution < 1.29 is 4.79 Å². The van der Waals surface area contributed by atoms with Crippen LogP contribution < -0.4 is 9.80 Å². The summed E-state index contributed by atoms with van der Waals surface area (Å²) in [7, 11) is 0. The van der Waals surface area contributed by atoms with Gasteiger partial charge in [-0.3, -0.25) is 4.79 Å². The maximum absolute atomic E-state index is 10.5. The molecule has 4 heterocycles. The number of carbonyl (C=O) groups excluding carboxylic acids is 1. The van der Waals surface area contributed by atoms with Crippen molar-refractivity contribution in [2.24, 2.45) is 0 Å². The van der Waals surface area contributed by atoms with E-state index < -0.39 is 0 Å². The number of piperidine rings is 2. The highest BCUT2D eigenvalue weighted by molar-refractivity contribution is 8.02. The van der Waals surface area contributed by atoms with E-state index in [4.69, 9.17) is 0 Å². The minimum atomic E-state index is 0.723. The van der Waals surface area contributed by atoms with E-state index in [1.165, 1.54) is 73.0 Å². The highest BCUT2D eigenvalue weighted by Crippen LogP contribution is 2.27. The quantitative estimate of drug-likeness (QED) is 0.518. The van der Waals surface area contributed by atoms with Gasteiger partial charge in [-0.25, -0.2) is 9.97 Å². The fourth-order valence-electron chi connectivity index (χ4n) is 3.36. The Balaban J connectivity index is 0.000000169. The molecule has 0 aliphatic carbocycles. The fraction of sp³-hybridized carbons (Fsp3) is 0.571. The zero-order valence-corrected chi connectivity index (χ0v) is 19.5. The third kappa shape index (κ3) is 7.12. The van der Waals surface area contributed by atoms with E-state index in [2.05, 4.69) is 38.2 Å². The summed E-state index contributed by atoms with van der Waals surface area (Å²) in [4.78, 5) is 25.8. The van der Waals surface area contributed by atoms with E-state index in [0.29, 0.717) is 0 Å². The fourth-order valence-corrected chi connectivity index (χ4v) is 5.53. The van der Waals surface area contributed by atoms with E-state index in [1.807, 2.05) is 18.0 Å². The number of thiazole rings is 2. The van der Waals surface area contributed by atoms with Gasteiger partial charge in [0.1, 0.15) is 0 Å². The molecule has 2 aliphatic heterocycles. The highest BCUT2D eigenvalue weighted by Gasteiger charge is 2.14. The summed E-state index contributed by atoms with van der Waals surface area (Å²) in [5.41, 5.74) is 0. The van der Waals surface area contributed by atoms with Crippen molar-refractivity contribution in [3.63, 3.8) is 0 Å². The topological polar surface area (TPSA) is 49.3 Å². The molecule has 2 aliphatic rings. The van der Waals surface area contributed by atoms with Gasteiger partial charge in [-0.2, -0.15) is 0 Å². The molecule has 0 N–H and O–H groups in total. The minimum absolute atomic E-state index is 0.723. The van der Waals surface area contributed by atoms with Gasteiger partial charge in [0, 0.05) is 37.3 Å². The number of hydrogen-bond acceptors (Lipinski definition) is 8. The van der Waals surface area contributed by atoms with Gasteiger partial charge in [-0.05, 0) is 55.8 Å². The van der Waals surface area contributed by atoms with Gasteiger partial charge in [-0.15, -0.1) is 11.8 Å². The van der Waals surface area contributed by atoms with Gasteiger partial charge in [0.2, 0.25) is 0 Å². The molecular formula is C21H30N4OS3. The van der Waals surface area contributed by atoms with Crippen LogP contribution in [-0.4, -0.2) is 48.2 Å². The lowest BCUT2D eigenvalue weighted by Crippen LogP contribution is -2.29. The largest absolute Gasteiger partial charge is 0.348 e. The smallest absolute Gasteiger partial charge is 0.185 e. The van der Waals surface area contributed by atoms with Gasteiger partial charge in [0.25, 0.3) is 0 Å². The van der Waals surface area contributed by atoms with Crippen molar-refractivity contribution in [2.45, 2.75) is 45.4 Å². The van der Waals surface area contributed by atoms with Crippen LogP contribution in [0.1, 0.15) is 60.0 Å². The standard InChI is InChI=1S/C12H18N2S2.C9H12N2OS/c1-2-15-9-6-11-10-13-12(16-11)14-7-4-3-5-8-14;12-7-8-6-10-9(13-8)11-4-2-1-3-5-11/h6,9-10H,2-5,7-8H2,1H3;6-7H,1-5H2/b9-6+;. The molecule has 2 aromatic heterocycles. The number of carbonyl (C=O) groups is 1. The SMILES string of the molecule is CCS/C=C/c1cnc(N2CCCCC2)s1.O=Cc1cnc(N2CCCCC2)s1. The Hall–Kier alpha value is -1.38. The average molecular weight is 451 g/mol. The lowest BCUT2D eigenvalue weighted by molar-refractivity contribution is 0.112. The van der Waals surface area contributed by atoms with E-state index in [9.17, 15) is 4.79 Å². The van der Waals surface area contributed by atoms with Gasteiger partial charge in [-0.1, -0.05) is 29.6 Å². The molecule has 0 amide bonds. The van der Waals surface area contributed by atoms with Gasteiger partial charge in [0.05, 0.1) is 11.1 Å². The van der Waals surface area contributed by atoms with E-state index >= 15 is 0 Å². The highest BCUT2D eigenvalue weighted by atomic mass is 32.2. The summed E-state index contributed by atoms with van der Waals surface area (Å²) < 4.78 is 0. The molecule has 2 fully saturated rings. The molecule has 0 saturated carbocycles. The van der Waals surface area contributed by atoms with Crippen molar-refractivity contribution in [3.8, 4) is 0 Å². The molecule has 0 spiro atoms.